The maximum Gasteiger partial charge on any atom is 0.335 e. The van der Waals surface area contributed by atoms with Gasteiger partial charge in [0.15, 0.2) is 6.10 Å². The summed E-state index contributed by atoms with van der Waals surface area (Å²) in [6.07, 6.45) is 1.40. The number of benzene rings is 3. The lowest BCUT2D eigenvalue weighted by Crippen LogP contribution is -2.28. The van der Waals surface area contributed by atoms with Gasteiger partial charge in [0.05, 0.1) is 13.2 Å². The third kappa shape index (κ3) is 8.45. The normalized spacial score (nSPS) is 12.0. The Hall–Kier alpha value is -3.81. The van der Waals surface area contributed by atoms with E-state index in [0.717, 1.165) is 22.6 Å². The minimum Gasteiger partial charge on any atom is -0.464 e. The van der Waals surface area contributed by atoms with Crippen molar-refractivity contribution in [3.8, 4) is 17.2 Å². The Morgan fingerprint density at radius 1 is 0.806 bits per heavy atom. The second-order valence-electron chi connectivity index (χ2n) is 7.67. The molecule has 0 fully saturated rings. The molecule has 1 N–H and O–H groups in total. The fraction of sp³-hybridized carbons (Fsp3) is 0.276. The zero-order valence-corrected chi connectivity index (χ0v) is 20.9. The van der Waals surface area contributed by atoms with Crippen LogP contribution < -0.4 is 15.0 Å². The van der Waals surface area contributed by atoms with Gasteiger partial charge in [-0.15, -0.1) is 0 Å². The summed E-state index contributed by atoms with van der Waals surface area (Å²) in [7, 11) is 0. The monoisotopic (exact) mass is 491 g/mol. The maximum absolute atomic E-state index is 12.1. The van der Waals surface area contributed by atoms with Crippen molar-refractivity contribution >= 4 is 11.7 Å². The largest absolute Gasteiger partial charge is 0.464 e. The molecule has 0 radical (unpaired) electrons. The van der Waals surface area contributed by atoms with Gasteiger partial charge in [-0.05, 0) is 74.9 Å². The lowest BCUT2D eigenvalue weighted by Gasteiger charge is -2.15. The summed E-state index contributed by atoms with van der Waals surface area (Å²) in [5.41, 5.74) is 5.40. The van der Waals surface area contributed by atoms with Crippen LogP contribution in [-0.4, -0.2) is 31.9 Å². The van der Waals surface area contributed by atoms with Gasteiger partial charge in [-0.1, -0.05) is 30.3 Å². The zero-order valence-electron chi connectivity index (χ0n) is 20.9. The maximum atomic E-state index is 12.1. The highest BCUT2D eigenvalue weighted by Crippen LogP contribution is 2.24. The number of esters is 1. The summed E-state index contributed by atoms with van der Waals surface area (Å²) < 4.78 is 22.4. The number of ether oxygens (including phenoxy) is 4. The van der Waals surface area contributed by atoms with Crippen LogP contribution in [0.2, 0.25) is 0 Å². The molecule has 36 heavy (non-hydrogen) atoms. The molecule has 7 nitrogen and oxygen atoms in total. The van der Waals surface area contributed by atoms with Crippen LogP contribution in [0.1, 0.15) is 31.9 Å². The molecule has 3 aromatic rings. The fourth-order valence-corrected chi connectivity index (χ4v) is 3.32. The molecule has 1 atom stereocenters. The van der Waals surface area contributed by atoms with Gasteiger partial charge < -0.3 is 18.9 Å². The van der Waals surface area contributed by atoms with Crippen LogP contribution in [0.4, 0.5) is 0 Å². The van der Waals surface area contributed by atoms with E-state index in [-0.39, 0.29) is 5.97 Å². The highest BCUT2D eigenvalue weighted by Gasteiger charge is 2.20. The van der Waals surface area contributed by atoms with Gasteiger partial charge in [-0.2, -0.15) is 0 Å². The van der Waals surface area contributed by atoms with Gasteiger partial charge in [-0.3, -0.25) is 10.3 Å². The first-order valence-electron chi connectivity index (χ1n) is 12.1. The fourth-order valence-electron chi connectivity index (χ4n) is 3.32. The van der Waals surface area contributed by atoms with Crippen LogP contribution in [0, 0.1) is 0 Å². The van der Waals surface area contributed by atoms with Crippen molar-refractivity contribution < 1.29 is 28.6 Å². The van der Waals surface area contributed by atoms with Crippen LogP contribution in [0.5, 0.6) is 17.2 Å². The molecule has 0 aliphatic heterocycles. The van der Waals surface area contributed by atoms with E-state index in [1.807, 2.05) is 92.7 Å². The molecular formula is C29H33NO6. The Balaban J connectivity index is 1.66. The number of hydrogen-bond acceptors (Lipinski definition) is 7. The molecular weight excluding hydrogens is 458 g/mol. The van der Waals surface area contributed by atoms with E-state index >= 15 is 0 Å². The Morgan fingerprint density at radius 3 is 2.11 bits per heavy atom. The van der Waals surface area contributed by atoms with Gasteiger partial charge in [0.25, 0.3) is 0 Å². The zero-order chi connectivity index (χ0) is 25.6. The van der Waals surface area contributed by atoms with E-state index < -0.39 is 6.10 Å². The summed E-state index contributed by atoms with van der Waals surface area (Å²) in [4.78, 5) is 17.5. The van der Waals surface area contributed by atoms with Crippen molar-refractivity contribution in [2.45, 2.75) is 33.3 Å². The Bertz CT molecular complexity index is 1080. The molecule has 190 valence electrons. The Kier molecular flexibility index (Phi) is 10.8. The van der Waals surface area contributed by atoms with Crippen LogP contribution in [0.3, 0.4) is 0 Å². The predicted molar refractivity (Wildman–Crippen MR) is 139 cm³/mol. The molecule has 0 aliphatic rings. The quantitative estimate of drug-likeness (QED) is 0.171. The SMILES string of the molecule is CCONC(=COc1ccc(CC(OCC)C(=O)OCC)cc1)c1ccc(Oc2ccccc2)cc1. The van der Waals surface area contributed by atoms with Gasteiger partial charge in [0.1, 0.15) is 29.2 Å². The van der Waals surface area contributed by atoms with Crippen molar-refractivity contribution in [1.82, 2.24) is 5.48 Å². The van der Waals surface area contributed by atoms with Crippen molar-refractivity contribution in [2.75, 3.05) is 19.8 Å². The van der Waals surface area contributed by atoms with Gasteiger partial charge in [-0.25, -0.2) is 4.79 Å². The smallest absolute Gasteiger partial charge is 0.335 e. The predicted octanol–water partition coefficient (Wildman–Crippen LogP) is 5.91. The van der Waals surface area contributed by atoms with Crippen molar-refractivity contribution in [3.63, 3.8) is 0 Å². The van der Waals surface area contributed by atoms with Crippen LogP contribution in [0.15, 0.2) is 85.1 Å². The average molecular weight is 492 g/mol. The summed E-state index contributed by atoms with van der Waals surface area (Å²) >= 11 is 0. The first-order chi connectivity index (χ1) is 17.6. The molecule has 0 bridgehead atoms. The van der Waals surface area contributed by atoms with Crippen LogP contribution >= 0.6 is 0 Å². The molecule has 0 spiro atoms. The van der Waals surface area contributed by atoms with Crippen molar-refractivity contribution in [2.24, 2.45) is 0 Å². The number of carbonyl (C=O) groups excluding carboxylic acids is 1. The molecule has 3 rings (SSSR count). The van der Waals surface area contributed by atoms with Crippen LogP contribution in [-0.2, 0) is 25.5 Å². The summed E-state index contributed by atoms with van der Waals surface area (Å²) in [6.45, 7) is 6.78. The minimum absolute atomic E-state index is 0.322. The van der Waals surface area contributed by atoms with E-state index in [2.05, 4.69) is 5.48 Å². The van der Waals surface area contributed by atoms with Gasteiger partial charge >= 0.3 is 5.97 Å². The number of rotatable bonds is 14. The second kappa shape index (κ2) is 14.6. The third-order valence-electron chi connectivity index (χ3n) is 5.05. The van der Waals surface area contributed by atoms with E-state index in [1.54, 1.807) is 13.2 Å². The minimum atomic E-state index is -0.627. The lowest BCUT2D eigenvalue weighted by atomic mass is 10.1. The molecule has 0 aliphatic carbocycles. The summed E-state index contributed by atoms with van der Waals surface area (Å²) in [5.74, 6) is 1.79. The molecule has 7 heteroatoms. The summed E-state index contributed by atoms with van der Waals surface area (Å²) in [6, 6.07) is 24.7. The number of hydroxylamine groups is 1. The third-order valence-corrected chi connectivity index (χ3v) is 5.05. The van der Waals surface area contributed by atoms with E-state index in [9.17, 15) is 4.79 Å². The highest BCUT2D eigenvalue weighted by atomic mass is 16.6. The Labute approximate surface area is 212 Å². The lowest BCUT2D eigenvalue weighted by molar-refractivity contribution is -0.156. The molecule has 0 amide bonds. The number of hydrogen-bond donors (Lipinski definition) is 1. The van der Waals surface area contributed by atoms with E-state index in [1.165, 1.54) is 0 Å². The highest BCUT2D eigenvalue weighted by molar-refractivity contribution is 5.75. The van der Waals surface area contributed by atoms with E-state index in [4.69, 9.17) is 23.8 Å². The average Bonchev–Trinajstić information content (AvgIpc) is 2.91. The topological polar surface area (TPSA) is 75.2 Å². The Morgan fingerprint density at radius 2 is 1.47 bits per heavy atom. The molecule has 0 aromatic heterocycles. The first-order valence-corrected chi connectivity index (χ1v) is 12.1. The summed E-state index contributed by atoms with van der Waals surface area (Å²) in [5, 5.41) is 0. The second-order valence-corrected chi connectivity index (χ2v) is 7.67. The molecule has 0 heterocycles. The van der Waals surface area contributed by atoms with E-state index in [0.29, 0.717) is 37.7 Å². The number of nitrogens with one attached hydrogen (secondary N) is 1. The van der Waals surface area contributed by atoms with Crippen molar-refractivity contribution in [3.05, 3.63) is 96.3 Å². The van der Waals surface area contributed by atoms with Gasteiger partial charge in [0, 0.05) is 18.6 Å². The van der Waals surface area contributed by atoms with Crippen LogP contribution in [0.25, 0.3) is 5.70 Å². The van der Waals surface area contributed by atoms with Gasteiger partial charge in [0.2, 0.25) is 0 Å². The van der Waals surface area contributed by atoms with Crippen molar-refractivity contribution in [1.29, 1.82) is 0 Å². The number of carbonyl (C=O) groups is 1. The first kappa shape index (κ1) is 26.8. The molecule has 3 aromatic carbocycles. The standard InChI is InChI=1S/C29H33NO6/c1-4-32-28(29(31)33-5-2)20-22-12-16-24(17-13-22)34-21-27(30-35-6-3)23-14-18-26(19-15-23)36-25-10-8-7-9-11-25/h7-19,21,28,30H,4-6,20H2,1-3H3. The molecule has 0 saturated heterocycles. The number of para-hydroxylation sites is 1. The molecule has 0 saturated carbocycles. The molecule has 1 unspecified atom stereocenters.